The summed E-state index contributed by atoms with van der Waals surface area (Å²) in [7, 11) is 0. The van der Waals surface area contributed by atoms with Crippen LogP contribution >= 0.6 is 0 Å². The van der Waals surface area contributed by atoms with E-state index in [-0.39, 0.29) is 0 Å². The van der Waals surface area contributed by atoms with Crippen molar-refractivity contribution < 1.29 is 0 Å². The van der Waals surface area contributed by atoms with E-state index in [2.05, 4.69) is 276 Å². The number of nitrogens with zero attached hydrogens (tertiary/aromatic N) is 2. The summed E-state index contributed by atoms with van der Waals surface area (Å²) in [4.78, 5) is 2.40. The molecule has 0 N–H and O–H groups in total. The highest BCUT2D eigenvalue weighted by Gasteiger charge is 2.20. The minimum Gasteiger partial charge on any atom is -0.310 e. The molecule has 0 aliphatic rings. The van der Waals surface area contributed by atoms with Crippen LogP contribution in [-0.4, -0.2) is 4.57 Å². The zero-order chi connectivity index (χ0) is 45.0. The third-order valence-electron chi connectivity index (χ3n) is 13.7. The van der Waals surface area contributed by atoms with E-state index in [4.69, 9.17) is 0 Å². The van der Waals surface area contributed by atoms with Gasteiger partial charge in [-0.3, -0.25) is 0 Å². The number of fused-ring (bicyclic) bond motifs is 7. The van der Waals surface area contributed by atoms with Gasteiger partial charge >= 0.3 is 0 Å². The maximum atomic E-state index is 2.43. The van der Waals surface area contributed by atoms with Gasteiger partial charge in [0.2, 0.25) is 0 Å². The monoisotopic (exact) mass is 864 g/mol. The van der Waals surface area contributed by atoms with E-state index in [0.29, 0.717) is 0 Å². The predicted molar refractivity (Wildman–Crippen MR) is 290 cm³/mol. The fourth-order valence-corrected chi connectivity index (χ4v) is 10.6. The van der Waals surface area contributed by atoms with Crippen LogP contribution in [0.2, 0.25) is 0 Å². The fourth-order valence-electron chi connectivity index (χ4n) is 10.6. The Labute approximate surface area is 395 Å². The van der Waals surface area contributed by atoms with Gasteiger partial charge in [0, 0.05) is 33.5 Å². The lowest BCUT2D eigenvalue weighted by Crippen LogP contribution is -2.10. The molecule has 13 rings (SSSR count). The average Bonchev–Trinajstić information content (AvgIpc) is 3.74. The Morgan fingerprint density at radius 1 is 0.250 bits per heavy atom. The first-order valence-electron chi connectivity index (χ1n) is 23.4. The first kappa shape index (κ1) is 39.4. The Kier molecular flexibility index (Phi) is 9.54. The molecule has 0 amide bonds. The van der Waals surface area contributed by atoms with E-state index in [1.54, 1.807) is 0 Å². The van der Waals surface area contributed by atoms with Gasteiger partial charge in [0.15, 0.2) is 0 Å². The maximum absolute atomic E-state index is 2.43. The van der Waals surface area contributed by atoms with Crippen molar-refractivity contribution >= 4 is 71.2 Å². The van der Waals surface area contributed by atoms with E-state index in [9.17, 15) is 0 Å². The number of hydrogen-bond donors (Lipinski definition) is 0. The fraction of sp³-hybridized carbons (Fsp3) is 0. The average molecular weight is 865 g/mol. The van der Waals surface area contributed by atoms with Gasteiger partial charge in [-0.15, -0.1) is 0 Å². The summed E-state index contributed by atoms with van der Waals surface area (Å²) in [6.45, 7) is 0. The first-order valence-corrected chi connectivity index (χ1v) is 23.4. The van der Waals surface area contributed by atoms with Gasteiger partial charge in [0.25, 0.3) is 0 Å². The lowest BCUT2D eigenvalue weighted by Gasteiger charge is -2.27. The zero-order valence-electron chi connectivity index (χ0n) is 37.3. The molecular formula is C66H44N2. The Balaban J connectivity index is 0.975. The highest BCUT2D eigenvalue weighted by Crippen LogP contribution is 2.44. The predicted octanol–water partition coefficient (Wildman–Crippen LogP) is 18.4. The van der Waals surface area contributed by atoms with Crippen LogP contribution in [0.15, 0.2) is 267 Å². The molecule has 0 saturated heterocycles. The van der Waals surface area contributed by atoms with E-state index < -0.39 is 0 Å². The lowest BCUT2D eigenvalue weighted by molar-refractivity contribution is 1.18. The Morgan fingerprint density at radius 3 is 1.47 bits per heavy atom. The van der Waals surface area contributed by atoms with Gasteiger partial charge in [-0.1, -0.05) is 194 Å². The highest BCUT2D eigenvalue weighted by molar-refractivity contribution is 6.19. The van der Waals surface area contributed by atoms with E-state index in [1.165, 1.54) is 93.1 Å². The molecule has 0 aliphatic carbocycles. The van der Waals surface area contributed by atoms with Crippen LogP contribution < -0.4 is 4.90 Å². The maximum Gasteiger partial charge on any atom is 0.0547 e. The Bertz CT molecular complexity index is 4000. The molecule has 0 radical (unpaired) electrons. The molecule has 2 nitrogen and oxygen atoms in total. The van der Waals surface area contributed by atoms with Crippen molar-refractivity contribution in [2.75, 3.05) is 4.90 Å². The molecule has 0 spiro atoms. The number of aromatic nitrogens is 1. The highest BCUT2D eigenvalue weighted by atomic mass is 15.1. The SMILES string of the molecule is c1ccc(-c2ccccc2-c2ccc(N(c3ccc(-c4cc5ccccc5c5ccccc45)cc3)c3cccc(-c4cccc5c4c4cc6ccccc6cc4n5-c4ccccc4)c3)cc2)cc1. The van der Waals surface area contributed by atoms with Crippen molar-refractivity contribution in [2.45, 2.75) is 0 Å². The summed E-state index contributed by atoms with van der Waals surface area (Å²) < 4.78 is 2.43. The van der Waals surface area contributed by atoms with Crippen LogP contribution in [0.25, 0.3) is 104 Å². The number of para-hydroxylation sites is 1. The van der Waals surface area contributed by atoms with Gasteiger partial charge in [-0.25, -0.2) is 0 Å². The molecular weight excluding hydrogens is 821 g/mol. The topological polar surface area (TPSA) is 8.17 Å². The van der Waals surface area contributed by atoms with Crippen LogP contribution in [0, 0.1) is 0 Å². The summed E-state index contributed by atoms with van der Waals surface area (Å²) in [6.07, 6.45) is 0. The second-order valence-corrected chi connectivity index (χ2v) is 17.7. The van der Waals surface area contributed by atoms with Crippen molar-refractivity contribution in [3.8, 4) is 50.2 Å². The van der Waals surface area contributed by atoms with Crippen molar-refractivity contribution in [3.63, 3.8) is 0 Å². The Morgan fingerprint density at radius 2 is 0.765 bits per heavy atom. The quantitative estimate of drug-likeness (QED) is 0.138. The molecule has 0 bridgehead atoms. The first-order chi connectivity index (χ1) is 33.7. The van der Waals surface area contributed by atoms with Crippen LogP contribution in [0.1, 0.15) is 0 Å². The van der Waals surface area contributed by atoms with Crippen molar-refractivity contribution in [3.05, 3.63) is 267 Å². The third kappa shape index (κ3) is 6.73. The molecule has 13 aromatic rings. The molecule has 68 heavy (non-hydrogen) atoms. The number of hydrogen-bond acceptors (Lipinski definition) is 1. The lowest BCUT2D eigenvalue weighted by atomic mass is 9.93. The molecule has 318 valence electrons. The van der Waals surface area contributed by atoms with Crippen molar-refractivity contribution in [1.29, 1.82) is 0 Å². The van der Waals surface area contributed by atoms with Gasteiger partial charge in [0.1, 0.15) is 0 Å². The molecule has 1 heterocycles. The molecule has 0 saturated carbocycles. The molecule has 0 unspecified atom stereocenters. The summed E-state index contributed by atoms with van der Waals surface area (Å²) in [5.74, 6) is 0. The van der Waals surface area contributed by atoms with E-state index >= 15 is 0 Å². The van der Waals surface area contributed by atoms with Crippen molar-refractivity contribution in [2.24, 2.45) is 0 Å². The largest absolute Gasteiger partial charge is 0.310 e. The van der Waals surface area contributed by atoms with Gasteiger partial charge in [-0.2, -0.15) is 0 Å². The minimum atomic E-state index is 1.08. The van der Waals surface area contributed by atoms with Crippen LogP contribution in [0.4, 0.5) is 17.1 Å². The van der Waals surface area contributed by atoms with Gasteiger partial charge < -0.3 is 9.47 Å². The van der Waals surface area contributed by atoms with Crippen molar-refractivity contribution in [1.82, 2.24) is 4.57 Å². The summed E-state index contributed by atoms with van der Waals surface area (Å²) in [5.41, 5.74) is 16.4. The molecule has 2 heteroatoms. The summed E-state index contributed by atoms with van der Waals surface area (Å²) >= 11 is 0. The Hall–Kier alpha value is -8.98. The molecule has 0 atom stereocenters. The smallest absolute Gasteiger partial charge is 0.0547 e. The molecule has 0 aliphatic heterocycles. The second-order valence-electron chi connectivity index (χ2n) is 17.7. The van der Waals surface area contributed by atoms with Crippen LogP contribution in [0.3, 0.4) is 0 Å². The van der Waals surface area contributed by atoms with Crippen LogP contribution in [0.5, 0.6) is 0 Å². The van der Waals surface area contributed by atoms with E-state index in [0.717, 1.165) is 28.3 Å². The number of rotatable bonds is 8. The summed E-state index contributed by atoms with van der Waals surface area (Å²) in [5, 5.41) is 9.99. The number of benzene rings is 12. The van der Waals surface area contributed by atoms with Crippen LogP contribution in [-0.2, 0) is 0 Å². The van der Waals surface area contributed by atoms with Gasteiger partial charge in [-0.05, 0) is 150 Å². The number of anilines is 3. The molecule has 0 fully saturated rings. The standard InChI is InChI=1S/C66H44N2/c1-3-17-45(18-4-1)56-26-11-12-27-57(56)46-33-37-53(38-34-46)67(54-39-35-47(36-40-54)62-43-51-21-9-10-28-58(51)60-29-13-14-30-61(60)62)55-25-15-22-50(41-55)59-31-16-32-64-66(59)63-42-48-19-7-8-20-49(48)44-65(63)68(64)52-23-5-2-6-24-52/h1-44H. The molecule has 12 aromatic carbocycles. The minimum absolute atomic E-state index is 1.08. The zero-order valence-corrected chi connectivity index (χ0v) is 37.3. The normalized spacial score (nSPS) is 11.5. The van der Waals surface area contributed by atoms with Gasteiger partial charge in [0.05, 0.1) is 11.0 Å². The second kappa shape index (κ2) is 16.5. The third-order valence-corrected chi connectivity index (χ3v) is 13.7. The summed E-state index contributed by atoms with van der Waals surface area (Å²) in [6, 6.07) is 97.5. The van der Waals surface area contributed by atoms with E-state index in [1.807, 2.05) is 0 Å². The molecule has 1 aromatic heterocycles.